The van der Waals surface area contributed by atoms with Crippen molar-refractivity contribution in [3.05, 3.63) is 35.4 Å². The summed E-state index contributed by atoms with van der Waals surface area (Å²) in [6.07, 6.45) is 4.27. The third kappa shape index (κ3) is 1.40. The van der Waals surface area contributed by atoms with E-state index in [-0.39, 0.29) is 5.54 Å². The quantitative estimate of drug-likeness (QED) is 0.786. The number of rotatable bonds is 3. The summed E-state index contributed by atoms with van der Waals surface area (Å²) < 4.78 is 0. The van der Waals surface area contributed by atoms with Gasteiger partial charge in [0.05, 0.1) is 5.60 Å². The summed E-state index contributed by atoms with van der Waals surface area (Å²) in [7, 11) is 2.02. The minimum atomic E-state index is -0.500. The van der Waals surface area contributed by atoms with Gasteiger partial charge in [-0.05, 0) is 43.9 Å². The zero-order valence-electron chi connectivity index (χ0n) is 9.09. The highest BCUT2D eigenvalue weighted by Gasteiger charge is 2.45. The smallest absolute Gasteiger partial charge is 0.0899 e. The molecule has 0 atom stereocenters. The van der Waals surface area contributed by atoms with E-state index in [0.29, 0.717) is 0 Å². The van der Waals surface area contributed by atoms with Crippen molar-refractivity contribution < 1.29 is 5.11 Å². The van der Waals surface area contributed by atoms with Crippen LogP contribution in [0.1, 0.15) is 36.8 Å². The zero-order chi connectivity index (χ0) is 10.5. The van der Waals surface area contributed by atoms with Crippen molar-refractivity contribution >= 4 is 0 Å². The van der Waals surface area contributed by atoms with Gasteiger partial charge >= 0.3 is 0 Å². The third-order valence-electron chi connectivity index (χ3n) is 3.90. The van der Waals surface area contributed by atoms with Crippen LogP contribution >= 0.6 is 0 Å². The van der Waals surface area contributed by atoms with Crippen LogP contribution in [0.4, 0.5) is 0 Å². The van der Waals surface area contributed by atoms with Gasteiger partial charge in [-0.25, -0.2) is 0 Å². The molecule has 0 radical (unpaired) electrons. The topological polar surface area (TPSA) is 32.3 Å². The molecule has 0 unspecified atom stereocenters. The summed E-state index contributed by atoms with van der Waals surface area (Å²) >= 11 is 0. The lowest BCUT2D eigenvalue weighted by atomic mass is 9.99. The molecule has 3 rings (SSSR count). The van der Waals surface area contributed by atoms with Crippen molar-refractivity contribution in [1.29, 1.82) is 0 Å². The first kappa shape index (κ1) is 9.37. The molecular weight excluding hydrogens is 186 g/mol. The highest BCUT2D eigenvalue weighted by Crippen LogP contribution is 2.49. The second kappa shape index (κ2) is 2.83. The Morgan fingerprint density at radius 1 is 1.13 bits per heavy atom. The van der Waals surface area contributed by atoms with E-state index in [2.05, 4.69) is 23.5 Å². The molecule has 0 amide bonds. The second-order valence-electron chi connectivity index (χ2n) is 4.94. The molecule has 1 aromatic carbocycles. The van der Waals surface area contributed by atoms with E-state index in [9.17, 15) is 5.11 Å². The van der Waals surface area contributed by atoms with Crippen LogP contribution in [0.25, 0.3) is 0 Å². The fraction of sp³-hybridized carbons (Fsp3) is 0.538. The maximum Gasteiger partial charge on any atom is 0.0899 e. The van der Waals surface area contributed by atoms with E-state index >= 15 is 0 Å². The van der Waals surface area contributed by atoms with Gasteiger partial charge in [-0.2, -0.15) is 0 Å². The molecule has 2 fully saturated rings. The molecule has 1 aromatic rings. The van der Waals surface area contributed by atoms with E-state index in [4.69, 9.17) is 0 Å². The first-order valence-corrected chi connectivity index (χ1v) is 5.71. The average Bonchev–Trinajstić information content (AvgIpc) is 3.15. The number of hydrogen-bond donors (Lipinski definition) is 2. The van der Waals surface area contributed by atoms with Gasteiger partial charge < -0.3 is 10.4 Å². The Hall–Kier alpha value is -0.860. The molecule has 0 aromatic heterocycles. The normalized spacial score (nSPS) is 24.9. The summed E-state index contributed by atoms with van der Waals surface area (Å²) in [6.45, 7) is 0. The largest absolute Gasteiger partial charge is 0.385 e. The van der Waals surface area contributed by atoms with Crippen LogP contribution in [-0.4, -0.2) is 12.2 Å². The average molecular weight is 203 g/mol. The number of nitrogens with one attached hydrogen (secondary N) is 1. The van der Waals surface area contributed by atoms with Crippen molar-refractivity contribution in [1.82, 2.24) is 5.32 Å². The van der Waals surface area contributed by atoms with Gasteiger partial charge in [-0.15, -0.1) is 0 Å². The molecule has 2 aliphatic rings. The Bertz CT molecular complexity index is 391. The molecule has 2 heteroatoms. The van der Waals surface area contributed by atoms with Crippen molar-refractivity contribution in [2.75, 3.05) is 7.05 Å². The van der Waals surface area contributed by atoms with Gasteiger partial charge in [0.25, 0.3) is 0 Å². The Morgan fingerprint density at radius 2 is 1.80 bits per heavy atom. The Kier molecular flexibility index (Phi) is 1.77. The Balaban J connectivity index is 1.97. The van der Waals surface area contributed by atoms with Crippen LogP contribution in [0.2, 0.25) is 0 Å². The molecule has 80 valence electrons. The van der Waals surface area contributed by atoms with Gasteiger partial charge in [0.1, 0.15) is 0 Å². The van der Waals surface area contributed by atoms with Gasteiger partial charge in [0, 0.05) is 5.54 Å². The van der Waals surface area contributed by atoms with Crippen molar-refractivity contribution in [3.8, 4) is 0 Å². The third-order valence-corrected chi connectivity index (χ3v) is 3.90. The van der Waals surface area contributed by atoms with Gasteiger partial charge in [0.2, 0.25) is 0 Å². The fourth-order valence-electron chi connectivity index (χ4n) is 2.32. The standard InChI is InChI=1S/C13H17NO/c1-14-12(5-6-12)10-3-2-4-11(9-10)13(15)7-8-13/h2-4,9,14-15H,5-8H2,1H3. The number of benzene rings is 1. The van der Waals surface area contributed by atoms with E-state index in [1.807, 2.05) is 13.1 Å². The van der Waals surface area contributed by atoms with Crippen molar-refractivity contribution in [2.45, 2.75) is 36.8 Å². The lowest BCUT2D eigenvalue weighted by molar-refractivity contribution is 0.151. The van der Waals surface area contributed by atoms with Crippen LogP contribution in [0.15, 0.2) is 24.3 Å². The lowest BCUT2D eigenvalue weighted by Crippen LogP contribution is -2.24. The van der Waals surface area contributed by atoms with Gasteiger partial charge in [-0.3, -0.25) is 0 Å². The molecule has 2 N–H and O–H groups in total. The maximum absolute atomic E-state index is 10.1. The Labute approximate surface area is 90.3 Å². The molecule has 15 heavy (non-hydrogen) atoms. The lowest BCUT2D eigenvalue weighted by Gasteiger charge is -2.17. The summed E-state index contributed by atoms with van der Waals surface area (Å²) in [5.41, 5.74) is 2.14. The molecule has 0 heterocycles. The number of hydrogen-bond acceptors (Lipinski definition) is 2. The minimum Gasteiger partial charge on any atom is -0.385 e. The molecule has 0 saturated heterocycles. The highest BCUT2D eigenvalue weighted by atomic mass is 16.3. The summed E-state index contributed by atoms with van der Waals surface area (Å²) in [4.78, 5) is 0. The van der Waals surface area contributed by atoms with Crippen LogP contribution in [0.5, 0.6) is 0 Å². The second-order valence-corrected chi connectivity index (χ2v) is 4.94. The van der Waals surface area contributed by atoms with Gasteiger partial charge in [-0.1, -0.05) is 24.3 Å². The monoisotopic (exact) mass is 203 g/mol. The molecule has 0 spiro atoms. The minimum absolute atomic E-state index is 0.210. The fourth-order valence-corrected chi connectivity index (χ4v) is 2.32. The van der Waals surface area contributed by atoms with Crippen LogP contribution in [0.3, 0.4) is 0 Å². The first-order chi connectivity index (χ1) is 7.19. The molecule has 2 saturated carbocycles. The molecule has 2 aliphatic carbocycles. The first-order valence-electron chi connectivity index (χ1n) is 5.71. The van der Waals surface area contributed by atoms with Crippen LogP contribution < -0.4 is 5.32 Å². The molecule has 2 nitrogen and oxygen atoms in total. The van der Waals surface area contributed by atoms with Crippen molar-refractivity contribution in [3.63, 3.8) is 0 Å². The van der Waals surface area contributed by atoms with E-state index in [1.165, 1.54) is 18.4 Å². The predicted octanol–water partition coefficient (Wildman–Crippen LogP) is 1.88. The van der Waals surface area contributed by atoms with Crippen LogP contribution in [0, 0.1) is 0 Å². The Morgan fingerprint density at radius 3 is 2.33 bits per heavy atom. The van der Waals surface area contributed by atoms with Crippen LogP contribution in [-0.2, 0) is 11.1 Å². The van der Waals surface area contributed by atoms with E-state index in [0.717, 1.165) is 18.4 Å². The van der Waals surface area contributed by atoms with Crippen molar-refractivity contribution in [2.24, 2.45) is 0 Å². The SMILES string of the molecule is CNC1(c2cccc(C3(O)CC3)c2)CC1. The molecule has 0 bridgehead atoms. The highest BCUT2D eigenvalue weighted by molar-refractivity contribution is 5.37. The summed E-state index contributed by atoms with van der Waals surface area (Å²) in [5.74, 6) is 0. The van der Waals surface area contributed by atoms with Gasteiger partial charge in [0.15, 0.2) is 0 Å². The molecular formula is C13H17NO. The number of aliphatic hydroxyl groups is 1. The zero-order valence-corrected chi connectivity index (χ0v) is 9.09. The van der Waals surface area contributed by atoms with E-state index < -0.39 is 5.60 Å². The summed E-state index contributed by atoms with van der Waals surface area (Å²) in [6, 6.07) is 8.45. The summed E-state index contributed by atoms with van der Waals surface area (Å²) in [5, 5.41) is 13.4. The van der Waals surface area contributed by atoms with E-state index in [1.54, 1.807) is 0 Å². The maximum atomic E-state index is 10.1. The predicted molar refractivity (Wildman–Crippen MR) is 59.5 cm³/mol. The molecule has 0 aliphatic heterocycles.